The first-order valence-corrected chi connectivity index (χ1v) is 8.49. The van der Waals surface area contributed by atoms with Gasteiger partial charge in [-0.1, -0.05) is 45.0 Å². The van der Waals surface area contributed by atoms with Crippen molar-refractivity contribution in [2.75, 3.05) is 11.9 Å². The predicted molar refractivity (Wildman–Crippen MR) is 99.2 cm³/mol. The van der Waals surface area contributed by atoms with Crippen molar-refractivity contribution in [2.24, 2.45) is 28.9 Å². The number of benzene rings is 1. The summed E-state index contributed by atoms with van der Waals surface area (Å²) in [7, 11) is 0. The Hall–Kier alpha value is -1.77. The SMILES string of the molecule is C=CC1CCC(CNc2ccccc2)C(C(C)(C)C)C1.NC=O. The van der Waals surface area contributed by atoms with Crippen molar-refractivity contribution in [1.82, 2.24) is 0 Å². The summed E-state index contributed by atoms with van der Waals surface area (Å²) in [4.78, 5) is 8.58. The molecule has 0 bridgehead atoms. The highest BCUT2D eigenvalue weighted by Crippen LogP contribution is 2.44. The molecule has 2 rings (SSSR count). The minimum absolute atomic E-state index is 0.250. The number of nitrogens with two attached hydrogens (primary N) is 1. The highest BCUT2D eigenvalue weighted by Gasteiger charge is 2.36. The standard InChI is InChI=1S/C19H29N.CH3NO/c1-5-15-11-12-16(18(13-15)19(2,3)4)14-20-17-9-7-6-8-10-17;2-1-3/h5-10,15-16,18,20H,1,11-14H2,2-4H3;1H,(H2,2,3). The van der Waals surface area contributed by atoms with Crippen molar-refractivity contribution >= 4 is 12.1 Å². The Morgan fingerprint density at radius 3 is 2.39 bits per heavy atom. The van der Waals surface area contributed by atoms with Crippen molar-refractivity contribution < 1.29 is 4.79 Å². The van der Waals surface area contributed by atoms with Crippen molar-refractivity contribution in [3.05, 3.63) is 43.0 Å². The molecule has 3 unspecified atom stereocenters. The van der Waals surface area contributed by atoms with Gasteiger partial charge in [0.1, 0.15) is 0 Å². The van der Waals surface area contributed by atoms with Crippen molar-refractivity contribution in [3.8, 4) is 0 Å². The first kappa shape index (κ1) is 19.3. The van der Waals surface area contributed by atoms with E-state index >= 15 is 0 Å². The molecule has 3 atom stereocenters. The molecule has 1 aromatic carbocycles. The fourth-order valence-electron chi connectivity index (χ4n) is 3.59. The Bertz CT molecular complexity index is 464. The predicted octanol–water partition coefficient (Wildman–Crippen LogP) is 4.46. The molecule has 1 fully saturated rings. The highest BCUT2D eigenvalue weighted by molar-refractivity contribution is 5.42. The molecule has 0 heterocycles. The van der Waals surface area contributed by atoms with Gasteiger partial charge < -0.3 is 11.1 Å². The number of hydrogen-bond donors (Lipinski definition) is 2. The van der Waals surface area contributed by atoms with Gasteiger partial charge in [0.15, 0.2) is 0 Å². The molecule has 1 aliphatic carbocycles. The molecule has 0 spiro atoms. The maximum Gasteiger partial charge on any atom is 0.204 e. The number of primary amides is 1. The van der Waals surface area contributed by atoms with E-state index in [1.165, 1.54) is 24.9 Å². The smallest absolute Gasteiger partial charge is 0.204 e. The van der Waals surface area contributed by atoms with Gasteiger partial charge in [0.2, 0.25) is 6.41 Å². The van der Waals surface area contributed by atoms with Crippen LogP contribution in [0.15, 0.2) is 43.0 Å². The van der Waals surface area contributed by atoms with Gasteiger partial charge in [0, 0.05) is 12.2 Å². The third kappa shape index (κ3) is 6.47. The number of anilines is 1. The Kier molecular flexibility index (Phi) is 7.87. The van der Waals surface area contributed by atoms with E-state index in [2.05, 4.69) is 74.8 Å². The Morgan fingerprint density at radius 2 is 1.87 bits per heavy atom. The van der Waals surface area contributed by atoms with Crippen LogP contribution in [0.2, 0.25) is 0 Å². The van der Waals surface area contributed by atoms with Crippen molar-refractivity contribution in [3.63, 3.8) is 0 Å². The van der Waals surface area contributed by atoms with Gasteiger partial charge in [-0.05, 0) is 54.6 Å². The van der Waals surface area contributed by atoms with Crippen LogP contribution in [0, 0.1) is 23.2 Å². The molecule has 0 radical (unpaired) electrons. The van der Waals surface area contributed by atoms with E-state index in [4.69, 9.17) is 4.79 Å². The minimum Gasteiger partial charge on any atom is -0.385 e. The summed E-state index contributed by atoms with van der Waals surface area (Å²) in [5, 5.41) is 3.62. The summed E-state index contributed by atoms with van der Waals surface area (Å²) in [6.07, 6.45) is 6.34. The van der Waals surface area contributed by atoms with E-state index in [0.29, 0.717) is 11.3 Å². The van der Waals surface area contributed by atoms with Gasteiger partial charge in [-0.25, -0.2) is 0 Å². The molecule has 0 saturated heterocycles. The maximum atomic E-state index is 8.58. The van der Waals surface area contributed by atoms with Crippen molar-refractivity contribution in [2.45, 2.75) is 40.0 Å². The molecule has 1 saturated carbocycles. The lowest BCUT2D eigenvalue weighted by atomic mass is 9.63. The third-order valence-electron chi connectivity index (χ3n) is 4.82. The van der Waals surface area contributed by atoms with Crippen LogP contribution in [0.5, 0.6) is 0 Å². The average molecular weight is 316 g/mol. The van der Waals surface area contributed by atoms with Gasteiger partial charge in [0.05, 0.1) is 0 Å². The topological polar surface area (TPSA) is 55.1 Å². The van der Waals surface area contributed by atoms with Crippen LogP contribution in [-0.4, -0.2) is 13.0 Å². The summed E-state index contributed by atoms with van der Waals surface area (Å²) in [5.41, 5.74) is 5.79. The molecule has 3 nitrogen and oxygen atoms in total. The van der Waals surface area contributed by atoms with Gasteiger partial charge in [-0.15, -0.1) is 6.58 Å². The number of para-hydroxylation sites is 1. The van der Waals surface area contributed by atoms with E-state index in [-0.39, 0.29) is 6.41 Å². The van der Waals surface area contributed by atoms with Crippen LogP contribution in [0.1, 0.15) is 40.0 Å². The molecule has 0 aromatic heterocycles. The van der Waals surface area contributed by atoms with E-state index < -0.39 is 0 Å². The molecule has 3 heteroatoms. The van der Waals surface area contributed by atoms with Crippen LogP contribution in [-0.2, 0) is 4.79 Å². The lowest BCUT2D eigenvalue weighted by Gasteiger charge is -2.43. The first-order valence-electron chi connectivity index (χ1n) is 8.49. The first-order chi connectivity index (χ1) is 10.9. The van der Waals surface area contributed by atoms with Crippen LogP contribution in [0.3, 0.4) is 0 Å². The van der Waals surface area contributed by atoms with Gasteiger partial charge in [0.25, 0.3) is 0 Å². The number of amides is 1. The molecule has 128 valence electrons. The average Bonchev–Trinajstić information content (AvgIpc) is 2.53. The summed E-state index contributed by atoms with van der Waals surface area (Å²) in [6.45, 7) is 12.3. The van der Waals surface area contributed by atoms with Crippen LogP contribution < -0.4 is 11.1 Å². The monoisotopic (exact) mass is 316 g/mol. The lowest BCUT2D eigenvalue weighted by molar-refractivity contribution is -0.106. The fraction of sp³-hybridized carbons (Fsp3) is 0.550. The molecule has 1 amide bonds. The molecular formula is C20H32N2O. The second kappa shape index (κ2) is 9.39. The number of allylic oxidation sites excluding steroid dienone is 1. The van der Waals surface area contributed by atoms with Crippen LogP contribution in [0.25, 0.3) is 0 Å². The highest BCUT2D eigenvalue weighted by atomic mass is 16.1. The van der Waals surface area contributed by atoms with Gasteiger partial charge in [-0.3, -0.25) is 4.79 Å². The zero-order valence-electron chi connectivity index (χ0n) is 14.8. The molecule has 23 heavy (non-hydrogen) atoms. The number of rotatable bonds is 4. The zero-order chi connectivity index (χ0) is 17.3. The fourth-order valence-corrected chi connectivity index (χ4v) is 3.59. The normalized spacial score (nSPS) is 24.0. The summed E-state index contributed by atoms with van der Waals surface area (Å²) in [6, 6.07) is 10.6. The van der Waals surface area contributed by atoms with Crippen LogP contribution in [0.4, 0.5) is 5.69 Å². The van der Waals surface area contributed by atoms with Gasteiger partial charge in [-0.2, -0.15) is 0 Å². The lowest BCUT2D eigenvalue weighted by Crippen LogP contribution is -2.37. The van der Waals surface area contributed by atoms with Crippen LogP contribution >= 0.6 is 0 Å². The van der Waals surface area contributed by atoms with E-state index in [1.807, 2.05) is 0 Å². The Balaban J connectivity index is 0.000000816. The van der Waals surface area contributed by atoms with Crippen molar-refractivity contribution in [1.29, 1.82) is 0 Å². The number of nitrogens with one attached hydrogen (secondary N) is 1. The Morgan fingerprint density at radius 1 is 1.26 bits per heavy atom. The summed E-state index contributed by atoms with van der Waals surface area (Å²) in [5.74, 6) is 2.26. The summed E-state index contributed by atoms with van der Waals surface area (Å²) < 4.78 is 0. The van der Waals surface area contributed by atoms with E-state index in [1.54, 1.807) is 0 Å². The Labute approximate surface area is 141 Å². The third-order valence-corrected chi connectivity index (χ3v) is 4.82. The van der Waals surface area contributed by atoms with E-state index in [9.17, 15) is 0 Å². The number of carbonyl (C=O) groups excluding carboxylic acids is 1. The number of carbonyl (C=O) groups is 1. The van der Waals surface area contributed by atoms with Gasteiger partial charge >= 0.3 is 0 Å². The minimum atomic E-state index is 0.250. The molecule has 0 aliphatic heterocycles. The second-order valence-corrected chi connectivity index (χ2v) is 7.42. The summed E-state index contributed by atoms with van der Waals surface area (Å²) >= 11 is 0. The quantitative estimate of drug-likeness (QED) is 0.636. The molecule has 3 N–H and O–H groups in total. The zero-order valence-corrected chi connectivity index (χ0v) is 14.8. The maximum absolute atomic E-state index is 8.58. The van der Waals surface area contributed by atoms with E-state index in [0.717, 1.165) is 18.4 Å². The molecular weight excluding hydrogens is 284 g/mol. The number of hydrogen-bond acceptors (Lipinski definition) is 2. The molecule has 1 aromatic rings. The second-order valence-electron chi connectivity index (χ2n) is 7.42. The largest absolute Gasteiger partial charge is 0.385 e. The molecule has 1 aliphatic rings.